The quantitative estimate of drug-likeness (QED) is 0.926. The number of aromatic nitrogens is 2. The van der Waals surface area contributed by atoms with Gasteiger partial charge in [-0.3, -0.25) is 0 Å². The first-order chi connectivity index (χ1) is 9.63. The fraction of sp³-hybridized carbons (Fsp3) is 0.312. The van der Waals surface area contributed by atoms with Crippen molar-refractivity contribution in [2.24, 2.45) is 0 Å². The lowest BCUT2D eigenvalue weighted by Crippen LogP contribution is -2.12. The Kier molecular flexibility index (Phi) is 3.22. The number of aromatic carboxylic acids is 1. The minimum atomic E-state index is -0.920. The molecule has 1 aromatic heterocycles. The number of carbonyl (C=O) groups is 1. The van der Waals surface area contributed by atoms with Gasteiger partial charge in [-0.2, -0.15) is 0 Å². The summed E-state index contributed by atoms with van der Waals surface area (Å²) in [4.78, 5) is 20.0. The van der Waals surface area contributed by atoms with E-state index in [1.807, 2.05) is 6.92 Å². The molecule has 20 heavy (non-hydrogen) atoms. The average molecular weight is 268 g/mol. The molecule has 0 unspecified atom stereocenters. The lowest BCUT2D eigenvalue weighted by atomic mass is 9.82. The van der Waals surface area contributed by atoms with E-state index in [2.05, 4.69) is 16.0 Å². The fourth-order valence-electron chi connectivity index (χ4n) is 2.40. The maximum Gasteiger partial charge on any atom is 0.335 e. The molecule has 1 fully saturated rings. The molecule has 0 bridgehead atoms. The third kappa shape index (κ3) is 2.41. The normalized spacial score (nSPS) is 14.8. The van der Waals surface area contributed by atoms with E-state index in [-0.39, 0.29) is 5.56 Å². The highest BCUT2D eigenvalue weighted by Crippen LogP contribution is 2.36. The molecule has 4 heteroatoms. The molecular weight excluding hydrogens is 252 g/mol. The van der Waals surface area contributed by atoms with E-state index in [9.17, 15) is 4.79 Å². The number of aryl methyl sites for hydroxylation is 1. The summed E-state index contributed by atoms with van der Waals surface area (Å²) in [5, 5.41) is 8.92. The number of hydrogen-bond donors (Lipinski definition) is 1. The van der Waals surface area contributed by atoms with Gasteiger partial charge in [0.1, 0.15) is 0 Å². The van der Waals surface area contributed by atoms with E-state index in [4.69, 9.17) is 5.11 Å². The molecule has 4 nitrogen and oxygen atoms in total. The Balaban J connectivity index is 1.96. The topological polar surface area (TPSA) is 63.1 Å². The molecule has 1 aliphatic carbocycles. The summed E-state index contributed by atoms with van der Waals surface area (Å²) in [6, 6.07) is 8.77. The Bertz CT molecular complexity index is 646. The lowest BCUT2D eigenvalue weighted by molar-refractivity contribution is 0.0697. The first kappa shape index (κ1) is 12.8. The van der Waals surface area contributed by atoms with Crippen molar-refractivity contribution in [1.29, 1.82) is 0 Å². The zero-order valence-corrected chi connectivity index (χ0v) is 11.3. The van der Waals surface area contributed by atoms with Crippen molar-refractivity contribution < 1.29 is 9.90 Å². The van der Waals surface area contributed by atoms with Crippen LogP contribution in [0.3, 0.4) is 0 Å². The molecule has 2 aromatic rings. The SMILES string of the molecule is Cc1cc(C2CCC2)nc(-c2ccc(C(=O)O)cc2)n1. The first-order valence-electron chi connectivity index (χ1n) is 6.83. The summed E-state index contributed by atoms with van der Waals surface area (Å²) in [5.74, 6) is 0.328. The van der Waals surface area contributed by atoms with E-state index in [0.29, 0.717) is 11.7 Å². The van der Waals surface area contributed by atoms with E-state index < -0.39 is 5.97 Å². The van der Waals surface area contributed by atoms with Gasteiger partial charge in [0.25, 0.3) is 0 Å². The van der Waals surface area contributed by atoms with Gasteiger partial charge in [-0.1, -0.05) is 18.6 Å². The second-order valence-corrected chi connectivity index (χ2v) is 5.27. The van der Waals surface area contributed by atoms with Gasteiger partial charge >= 0.3 is 5.97 Å². The number of rotatable bonds is 3. The van der Waals surface area contributed by atoms with E-state index in [1.54, 1.807) is 24.3 Å². The van der Waals surface area contributed by atoms with Gasteiger partial charge in [0.05, 0.1) is 5.56 Å². The minimum Gasteiger partial charge on any atom is -0.478 e. The molecule has 1 N–H and O–H groups in total. The standard InChI is InChI=1S/C16H16N2O2/c1-10-9-14(11-3-2-4-11)18-15(17-10)12-5-7-13(8-6-12)16(19)20/h5-9,11H,2-4H2,1H3,(H,19,20). The summed E-state index contributed by atoms with van der Waals surface area (Å²) in [7, 11) is 0. The predicted octanol–water partition coefficient (Wildman–Crippen LogP) is 3.42. The maximum absolute atomic E-state index is 10.9. The Hall–Kier alpha value is -2.23. The van der Waals surface area contributed by atoms with Crippen LogP contribution >= 0.6 is 0 Å². The zero-order chi connectivity index (χ0) is 14.1. The third-order valence-corrected chi connectivity index (χ3v) is 3.79. The molecule has 3 rings (SSSR count). The molecule has 0 radical (unpaired) electrons. The summed E-state index contributed by atoms with van der Waals surface area (Å²) in [6.07, 6.45) is 3.68. The van der Waals surface area contributed by atoms with Crippen LogP contribution in [0.15, 0.2) is 30.3 Å². The summed E-state index contributed by atoms with van der Waals surface area (Å²) in [5.41, 5.74) is 3.21. The van der Waals surface area contributed by atoms with Crippen LogP contribution in [0.5, 0.6) is 0 Å². The highest BCUT2D eigenvalue weighted by molar-refractivity contribution is 5.88. The molecule has 0 saturated heterocycles. The Morgan fingerprint density at radius 1 is 1.20 bits per heavy atom. The van der Waals surface area contributed by atoms with Crippen LogP contribution in [-0.2, 0) is 0 Å². The Morgan fingerprint density at radius 3 is 2.45 bits per heavy atom. The zero-order valence-electron chi connectivity index (χ0n) is 11.3. The lowest BCUT2D eigenvalue weighted by Gasteiger charge is -2.25. The summed E-state index contributed by atoms with van der Waals surface area (Å²) >= 11 is 0. The van der Waals surface area contributed by atoms with E-state index in [1.165, 1.54) is 19.3 Å². The second-order valence-electron chi connectivity index (χ2n) is 5.27. The minimum absolute atomic E-state index is 0.278. The van der Waals surface area contributed by atoms with Crippen molar-refractivity contribution in [1.82, 2.24) is 9.97 Å². The van der Waals surface area contributed by atoms with E-state index in [0.717, 1.165) is 17.0 Å². The fourth-order valence-corrected chi connectivity index (χ4v) is 2.40. The number of hydrogen-bond acceptors (Lipinski definition) is 3. The van der Waals surface area contributed by atoms with E-state index >= 15 is 0 Å². The van der Waals surface area contributed by atoms with Crippen molar-refractivity contribution in [3.05, 3.63) is 47.3 Å². The second kappa shape index (κ2) is 5.04. The van der Waals surface area contributed by atoms with Crippen LogP contribution in [0, 0.1) is 6.92 Å². The van der Waals surface area contributed by atoms with Gasteiger partial charge in [-0.05, 0) is 38.0 Å². The van der Waals surface area contributed by atoms with Crippen LogP contribution in [0.2, 0.25) is 0 Å². The van der Waals surface area contributed by atoms with Crippen LogP contribution in [-0.4, -0.2) is 21.0 Å². The van der Waals surface area contributed by atoms with Crippen molar-refractivity contribution in [2.75, 3.05) is 0 Å². The number of nitrogens with zero attached hydrogens (tertiary/aromatic N) is 2. The van der Waals surface area contributed by atoms with Crippen molar-refractivity contribution in [3.63, 3.8) is 0 Å². The van der Waals surface area contributed by atoms with Gasteiger partial charge in [-0.15, -0.1) is 0 Å². The molecule has 1 saturated carbocycles. The molecular formula is C16H16N2O2. The smallest absolute Gasteiger partial charge is 0.335 e. The molecule has 1 aromatic carbocycles. The van der Waals surface area contributed by atoms with Crippen LogP contribution in [0.25, 0.3) is 11.4 Å². The molecule has 1 heterocycles. The number of carboxylic acid groups (broad SMARTS) is 1. The van der Waals surface area contributed by atoms with Crippen molar-refractivity contribution in [2.45, 2.75) is 32.1 Å². The third-order valence-electron chi connectivity index (χ3n) is 3.79. The molecule has 0 amide bonds. The van der Waals surface area contributed by atoms with Crippen LogP contribution in [0.1, 0.15) is 46.9 Å². The largest absolute Gasteiger partial charge is 0.478 e. The molecule has 0 aliphatic heterocycles. The average Bonchev–Trinajstić information content (AvgIpc) is 2.36. The number of benzene rings is 1. The molecule has 0 spiro atoms. The highest BCUT2D eigenvalue weighted by Gasteiger charge is 2.22. The van der Waals surface area contributed by atoms with Gasteiger partial charge in [-0.25, -0.2) is 14.8 Å². The highest BCUT2D eigenvalue weighted by atomic mass is 16.4. The first-order valence-corrected chi connectivity index (χ1v) is 6.83. The predicted molar refractivity (Wildman–Crippen MR) is 75.8 cm³/mol. The van der Waals surface area contributed by atoms with Crippen molar-refractivity contribution >= 4 is 5.97 Å². The van der Waals surface area contributed by atoms with Gasteiger partial charge in [0.2, 0.25) is 0 Å². The van der Waals surface area contributed by atoms with Crippen LogP contribution < -0.4 is 0 Å². The molecule has 102 valence electrons. The Labute approximate surface area is 117 Å². The van der Waals surface area contributed by atoms with Crippen LogP contribution in [0.4, 0.5) is 0 Å². The van der Waals surface area contributed by atoms with Gasteiger partial charge < -0.3 is 5.11 Å². The van der Waals surface area contributed by atoms with Gasteiger partial charge in [0.15, 0.2) is 5.82 Å². The monoisotopic (exact) mass is 268 g/mol. The Morgan fingerprint density at radius 2 is 1.90 bits per heavy atom. The summed E-state index contributed by atoms with van der Waals surface area (Å²) in [6.45, 7) is 1.97. The number of carboxylic acids is 1. The molecule has 1 aliphatic rings. The summed E-state index contributed by atoms with van der Waals surface area (Å²) < 4.78 is 0. The maximum atomic E-state index is 10.9. The molecule has 0 atom stereocenters. The van der Waals surface area contributed by atoms with Crippen molar-refractivity contribution in [3.8, 4) is 11.4 Å². The van der Waals surface area contributed by atoms with Gasteiger partial charge in [0, 0.05) is 22.9 Å².